The molecule has 2 heterocycles. The van der Waals surface area contributed by atoms with Crippen LogP contribution in [0.25, 0.3) is 10.8 Å². The van der Waals surface area contributed by atoms with Crippen LogP contribution in [0.1, 0.15) is 17.8 Å². The Balaban J connectivity index is 1.67. The molecule has 4 rings (SSSR count). The van der Waals surface area contributed by atoms with E-state index < -0.39 is 5.25 Å². The van der Waals surface area contributed by atoms with Gasteiger partial charge in [0.1, 0.15) is 5.25 Å². The van der Waals surface area contributed by atoms with Gasteiger partial charge in [-0.3, -0.25) is 9.59 Å². The number of rotatable bonds is 3. The zero-order chi connectivity index (χ0) is 18.3. The summed E-state index contributed by atoms with van der Waals surface area (Å²) in [4.78, 5) is 35.6. The van der Waals surface area contributed by atoms with Gasteiger partial charge in [-0.1, -0.05) is 48.2 Å². The van der Waals surface area contributed by atoms with Gasteiger partial charge in [0.15, 0.2) is 5.16 Å². The molecule has 2 aromatic carbocycles. The molecule has 0 radical (unpaired) electrons. The number of aryl methyl sites for hydroxylation is 2. The third-order valence-corrected chi connectivity index (χ3v) is 5.37. The largest absolute Gasteiger partial charge is 0.274 e. The Morgan fingerprint density at radius 1 is 1.00 bits per heavy atom. The summed E-state index contributed by atoms with van der Waals surface area (Å²) in [6.07, 6.45) is 0.156. The molecule has 3 aromatic rings. The van der Waals surface area contributed by atoms with Crippen molar-refractivity contribution in [2.75, 3.05) is 4.90 Å². The first-order chi connectivity index (χ1) is 12.5. The van der Waals surface area contributed by atoms with Crippen molar-refractivity contribution in [2.45, 2.75) is 30.7 Å². The molecule has 5 nitrogen and oxygen atoms in total. The van der Waals surface area contributed by atoms with Crippen LogP contribution in [-0.4, -0.2) is 27.0 Å². The molecular formula is C20H17N3O2S. The highest BCUT2D eigenvalue weighted by atomic mass is 32.2. The van der Waals surface area contributed by atoms with Crippen molar-refractivity contribution in [2.24, 2.45) is 0 Å². The highest BCUT2D eigenvalue weighted by Crippen LogP contribution is 2.35. The van der Waals surface area contributed by atoms with E-state index in [4.69, 9.17) is 0 Å². The van der Waals surface area contributed by atoms with Crippen molar-refractivity contribution in [3.8, 4) is 0 Å². The van der Waals surface area contributed by atoms with Crippen LogP contribution in [0.3, 0.4) is 0 Å². The van der Waals surface area contributed by atoms with Gasteiger partial charge in [-0.15, -0.1) is 0 Å². The molecule has 1 aliphatic heterocycles. The van der Waals surface area contributed by atoms with Gasteiger partial charge in [0, 0.05) is 23.2 Å². The fourth-order valence-electron chi connectivity index (χ4n) is 3.23. The van der Waals surface area contributed by atoms with Crippen LogP contribution >= 0.6 is 11.8 Å². The summed E-state index contributed by atoms with van der Waals surface area (Å²) in [5.74, 6) is -0.396. The Bertz CT molecular complexity index is 1010. The minimum atomic E-state index is -0.498. The van der Waals surface area contributed by atoms with E-state index in [1.807, 2.05) is 62.4 Å². The fraction of sp³-hybridized carbons (Fsp3) is 0.200. The molecule has 130 valence electrons. The van der Waals surface area contributed by atoms with Crippen LogP contribution in [0, 0.1) is 13.8 Å². The Kier molecular flexibility index (Phi) is 4.20. The first-order valence-electron chi connectivity index (χ1n) is 8.36. The van der Waals surface area contributed by atoms with Gasteiger partial charge in [0.05, 0.1) is 5.69 Å². The molecule has 1 atom stereocenters. The number of fused-ring (bicyclic) bond motifs is 1. The van der Waals surface area contributed by atoms with Crippen LogP contribution in [0.15, 0.2) is 53.7 Å². The smallest absolute Gasteiger partial charge is 0.247 e. The standard InChI is InChI=1S/C20H17N3O2S/c1-12-10-13(2)22-20(21-12)26-17-11-18(24)23(19(17)25)16-9-5-7-14-6-3-4-8-15(14)16/h3-10,17H,11H2,1-2H3/t17-/m0/s1. The van der Waals surface area contributed by atoms with E-state index in [1.165, 1.54) is 16.7 Å². The lowest BCUT2D eigenvalue weighted by molar-refractivity contribution is -0.121. The number of carbonyl (C=O) groups is 2. The molecule has 0 saturated carbocycles. The Hall–Kier alpha value is -2.73. The van der Waals surface area contributed by atoms with E-state index in [2.05, 4.69) is 9.97 Å². The van der Waals surface area contributed by atoms with E-state index in [1.54, 1.807) is 0 Å². The van der Waals surface area contributed by atoms with Crippen LogP contribution in [0.5, 0.6) is 0 Å². The third-order valence-electron chi connectivity index (χ3n) is 4.32. The number of amides is 2. The third kappa shape index (κ3) is 2.97. The van der Waals surface area contributed by atoms with E-state index in [0.29, 0.717) is 10.8 Å². The quantitative estimate of drug-likeness (QED) is 0.525. The molecule has 0 unspecified atom stereocenters. The first kappa shape index (κ1) is 16.7. The number of imide groups is 1. The van der Waals surface area contributed by atoms with E-state index >= 15 is 0 Å². The minimum Gasteiger partial charge on any atom is -0.274 e. The van der Waals surface area contributed by atoms with Gasteiger partial charge in [-0.2, -0.15) is 0 Å². The lowest BCUT2D eigenvalue weighted by atomic mass is 10.1. The average Bonchev–Trinajstić information content (AvgIpc) is 2.87. The SMILES string of the molecule is Cc1cc(C)nc(S[C@H]2CC(=O)N(c3cccc4ccccc34)C2=O)n1. The molecule has 2 amide bonds. The minimum absolute atomic E-state index is 0.156. The highest BCUT2D eigenvalue weighted by molar-refractivity contribution is 8.00. The lowest BCUT2D eigenvalue weighted by Gasteiger charge is -2.17. The summed E-state index contributed by atoms with van der Waals surface area (Å²) in [6, 6.07) is 15.3. The van der Waals surface area contributed by atoms with Gasteiger partial charge >= 0.3 is 0 Å². The van der Waals surface area contributed by atoms with Crippen LogP contribution in [-0.2, 0) is 9.59 Å². The normalized spacial score (nSPS) is 17.3. The Morgan fingerprint density at radius 2 is 1.69 bits per heavy atom. The maximum atomic E-state index is 13.0. The summed E-state index contributed by atoms with van der Waals surface area (Å²) < 4.78 is 0. The second-order valence-electron chi connectivity index (χ2n) is 6.31. The van der Waals surface area contributed by atoms with Crippen LogP contribution in [0.2, 0.25) is 0 Å². The lowest BCUT2D eigenvalue weighted by Crippen LogP contribution is -2.31. The summed E-state index contributed by atoms with van der Waals surface area (Å²) in [5.41, 5.74) is 2.34. The number of anilines is 1. The number of thioether (sulfide) groups is 1. The predicted octanol–water partition coefficient (Wildman–Crippen LogP) is 3.67. The zero-order valence-electron chi connectivity index (χ0n) is 14.5. The van der Waals surface area contributed by atoms with Gasteiger partial charge in [-0.05, 0) is 31.4 Å². The molecule has 0 aliphatic carbocycles. The van der Waals surface area contributed by atoms with E-state index in [9.17, 15) is 9.59 Å². The molecule has 1 aliphatic rings. The summed E-state index contributed by atoms with van der Waals surface area (Å²) in [7, 11) is 0. The Labute approximate surface area is 155 Å². The molecule has 1 fully saturated rings. The molecule has 0 spiro atoms. The molecule has 0 bridgehead atoms. The Morgan fingerprint density at radius 3 is 2.46 bits per heavy atom. The molecule has 26 heavy (non-hydrogen) atoms. The molecule has 1 saturated heterocycles. The topological polar surface area (TPSA) is 63.2 Å². The average molecular weight is 363 g/mol. The van der Waals surface area contributed by atoms with Gasteiger partial charge in [-0.25, -0.2) is 14.9 Å². The second kappa shape index (κ2) is 6.53. The molecule has 6 heteroatoms. The molecule has 1 aromatic heterocycles. The van der Waals surface area contributed by atoms with Gasteiger partial charge in [0.2, 0.25) is 11.8 Å². The number of carbonyl (C=O) groups excluding carboxylic acids is 2. The van der Waals surface area contributed by atoms with Crippen molar-refractivity contribution in [1.29, 1.82) is 0 Å². The van der Waals surface area contributed by atoms with E-state index in [-0.39, 0.29) is 18.2 Å². The number of hydrogen-bond donors (Lipinski definition) is 0. The summed E-state index contributed by atoms with van der Waals surface area (Å²) in [6.45, 7) is 3.78. The summed E-state index contributed by atoms with van der Waals surface area (Å²) in [5, 5.41) is 1.93. The fourth-order valence-corrected chi connectivity index (χ4v) is 4.31. The second-order valence-corrected chi connectivity index (χ2v) is 7.48. The number of nitrogens with zero attached hydrogens (tertiary/aromatic N) is 3. The number of aromatic nitrogens is 2. The van der Waals surface area contributed by atoms with Crippen molar-refractivity contribution >= 4 is 40.0 Å². The van der Waals surface area contributed by atoms with Crippen molar-refractivity contribution in [3.05, 3.63) is 59.9 Å². The number of benzene rings is 2. The first-order valence-corrected chi connectivity index (χ1v) is 9.24. The van der Waals surface area contributed by atoms with Crippen LogP contribution < -0.4 is 4.90 Å². The zero-order valence-corrected chi connectivity index (χ0v) is 15.3. The maximum absolute atomic E-state index is 13.0. The van der Waals surface area contributed by atoms with Crippen LogP contribution in [0.4, 0.5) is 5.69 Å². The van der Waals surface area contributed by atoms with Gasteiger partial charge in [0.25, 0.3) is 0 Å². The van der Waals surface area contributed by atoms with Crippen molar-refractivity contribution in [3.63, 3.8) is 0 Å². The molecular weight excluding hydrogens is 346 g/mol. The summed E-state index contributed by atoms with van der Waals surface area (Å²) >= 11 is 1.26. The predicted molar refractivity (Wildman–Crippen MR) is 102 cm³/mol. The highest BCUT2D eigenvalue weighted by Gasteiger charge is 2.41. The van der Waals surface area contributed by atoms with Crippen molar-refractivity contribution < 1.29 is 9.59 Å². The maximum Gasteiger partial charge on any atom is 0.247 e. The molecule has 0 N–H and O–H groups in total. The van der Waals surface area contributed by atoms with Gasteiger partial charge < -0.3 is 0 Å². The van der Waals surface area contributed by atoms with Crippen molar-refractivity contribution in [1.82, 2.24) is 9.97 Å². The monoisotopic (exact) mass is 363 g/mol. The number of hydrogen-bond acceptors (Lipinski definition) is 5. The van der Waals surface area contributed by atoms with E-state index in [0.717, 1.165) is 22.2 Å².